The molecular weight excluding hydrogens is 604 g/mol. The molecule has 0 saturated heterocycles. The Morgan fingerprint density at radius 1 is 0.978 bits per heavy atom. The van der Waals surface area contributed by atoms with E-state index < -0.39 is 18.0 Å². The molecule has 0 saturated carbocycles. The van der Waals surface area contributed by atoms with Crippen molar-refractivity contribution in [1.29, 1.82) is 0 Å². The molecule has 5 rings (SSSR count). The third-order valence-electron chi connectivity index (χ3n) is 7.54. The fourth-order valence-electron chi connectivity index (χ4n) is 5.07. The number of aromatic nitrogens is 1. The van der Waals surface area contributed by atoms with E-state index in [1.54, 1.807) is 44.4 Å². The maximum atomic E-state index is 14.1. The first-order chi connectivity index (χ1) is 22.2. The van der Waals surface area contributed by atoms with Crippen molar-refractivity contribution in [3.05, 3.63) is 126 Å². The lowest BCUT2D eigenvalue weighted by Gasteiger charge is -2.25. The van der Waals surface area contributed by atoms with E-state index in [1.807, 2.05) is 48.5 Å². The molecule has 238 valence electrons. The highest BCUT2D eigenvalue weighted by Gasteiger charge is 2.33. The van der Waals surface area contributed by atoms with Crippen molar-refractivity contribution < 1.29 is 28.5 Å². The van der Waals surface area contributed by atoms with Gasteiger partial charge in [-0.15, -0.1) is 0 Å². The highest BCUT2D eigenvalue weighted by molar-refractivity contribution is 7.07. The molecule has 9 nitrogen and oxygen atoms in total. The number of methoxy groups -OCH3 is 2. The van der Waals surface area contributed by atoms with E-state index in [9.17, 15) is 14.4 Å². The van der Waals surface area contributed by atoms with Gasteiger partial charge >= 0.3 is 11.9 Å². The summed E-state index contributed by atoms with van der Waals surface area (Å²) >= 11 is 1.23. The minimum Gasteiger partial charge on any atom is -0.493 e. The van der Waals surface area contributed by atoms with Gasteiger partial charge in [0.05, 0.1) is 48.2 Å². The Morgan fingerprint density at radius 3 is 2.39 bits per heavy atom. The Balaban J connectivity index is 1.55. The van der Waals surface area contributed by atoms with E-state index in [0.29, 0.717) is 50.2 Å². The van der Waals surface area contributed by atoms with Crippen LogP contribution < -0.4 is 24.4 Å². The number of hydrogen-bond acceptors (Lipinski definition) is 9. The zero-order chi connectivity index (χ0) is 32.8. The number of benzene rings is 3. The Labute approximate surface area is 271 Å². The predicted molar refractivity (Wildman–Crippen MR) is 176 cm³/mol. The number of hydrogen-bond donors (Lipinski definition) is 0. The molecule has 3 aromatic carbocycles. The summed E-state index contributed by atoms with van der Waals surface area (Å²) in [5, 5.41) is 0. The molecule has 0 bridgehead atoms. The van der Waals surface area contributed by atoms with Crippen LogP contribution in [0.25, 0.3) is 6.08 Å². The van der Waals surface area contributed by atoms with Crippen LogP contribution in [0, 0.1) is 5.92 Å². The fraction of sp³-hybridized carbons (Fsp3) is 0.278. The van der Waals surface area contributed by atoms with Crippen LogP contribution >= 0.6 is 11.3 Å². The van der Waals surface area contributed by atoms with Gasteiger partial charge in [0.1, 0.15) is 6.61 Å². The van der Waals surface area contributed by atoms with Crippen molar-refractivity contribution in [3.8, 4) is 11.5 Å². The zero-order valence-electron chi connectivity index (χ0n) is 26.4. The van der Waals surface area contributed by atoms with Gasteiger partial charge < -0.3 is 18.9 Å². The SMILES string of the molecule is COC(=O)c1ccc(C2C(C(=O)OCc3ccccc3)=C(C)N=c3sc(=Cc4ccc(OCCC(C)C)c(OC)c4)c(=O)n32)cc1. The monoisotopic (exact) mass is 640 g/mol. The van der Waals surface area contributed by atoms with Gasteiger partial charge in [0, 0.05) is 0 Å². The maximum absolute atomic E-state index is 14.1. The summed E-state index contributed by atoms with van der Waals surface area (Å²) < 4.78 is 24.0. The smallest absolute Gasteiger partial charge is 0.338 e. The van der Waals surface area contributed by atoms with E-state index in [1.165, 1.54) is 23.0 Å². The molecule has 1 atom stereocenters. The molecule has 0 radical (unpaired) electrons. The first-order valence-corrected chi connectivity index (χ1v) is 15.7. The Morgan fingerprint density at radius 2 is 1.72 bits per heavy atom. The molecule has 2 heterocycles. The van der Waals surface area contributed by atoms with Gasteiger partial charge in [0.25, 0.3) is 5.56 Å². The quantitative estimate of drug-likeness (QED) is 0.208. The lowest BCUT2D eigenvalue weighted by molar-refractivity contribution is -0.140. The second-order valence-corrected chi connectivity index (χ2v) is 12.2. The first-order valence-electron chi connectivity index (χ1n) is 14.9. The molecule has 1 aliphatic heterocycles. The number of rotatable bonds is 11. The number of fused-ring (bicyclic) bond motifs is 1. The van der Waals surface area contributed by atoms with Gasteiger partial charge in [-0.25, -0.2) is 14.6 Å². The fourth-order valence-corrected chi connectivity index (χ4v) is 6.11. The molecule has 0 fully saturated rings. The molecule has 0 aliphatic carbocycles. The molecule has 0 amide bonds. The molecule has 46 heavy (non-hydrogen) atoms. The van der Waals surface area contributed by atoms with E-state index in [2.05, 4.69) is 18.8 Å². The van der Waals surface area contributed by atoms with Crippen LogP contribution in [-0.4, -0.2) is 37.3 Å². The van der Waals surface area contributed by atoms with Crippen LogP contribution in [0.1, 0.15) is 60.3 Å². The number of carbonyl (C=O) groups excluding carboxylic acids is 2. The first kappa shape index (κ1) is 32.4. The van der Waals surface area contributed by atoms with Crippen LogP contribution in [0.4, 0.5) is 0 Å². The topological polar surface area (TPSA) is 105 Å². The average molecular weight is 641 g/mol. The van der Waals surface area contributed by atoms with Crippen molar-refractivity contribution in [2.45, 2.75) is 39.8 Å². The predicted octanol–water partition coefficient (Wildman–Crippen LogP) is 5.20. The molecular formula is C36H36N2O7S. The second kappa shape index (κ2) is 14.4. The lowest BCUT2D eigenvalue weighted by atomic mass is 9.95. The van der Waals surface area contributed by atoms with Gasteiger partial charge in [-0.1, -0.05) is 73.7 Å². The number of ether oxygens (including phenoxy) is 4. The highest BCUT2D eigenvalue weighted by atomic mass is 32.1. The molecule has 1 aromatic heterocycles. The van der Waals surface area contributed by atoms with E-state index in [0.717, 1.165) is 17.5 Å². The Kier molecular flexibility index (Phi) is 10.2. The van der Waals surface area contributed by atoms with E-state index in [4.69, 9.17) is 18.9 Å². The second-order valence-electron chi connectivity index (χ2n) is 11.2. The van der Waals surface area contributed by atoms with Gasteiger partial charge in [-0.05, 0) is 66.3 Å². The van der Waals surface area contributed by atoms with Crippen molar-refractivity contribution in [2.24, 2.45) is 10.9 Å². The number of nitrogens with zero attached hydrogens (tertiary/aromatic N) is 2. The van der Waals surface area contributed by atoms with Crippen LogP contribution in [0.2, 0.25) is 0 Å². The molecule has 0 spiro atoms. The van der Waals surface area contributed by atoms with E-state index in [-0.39, 0.29) is 17.7 Å². The number of carbonyl (C=O) groups is 2. The van der Waals surface area contributed by atoms with Gasteiger partial charge in [0.2, 0.25) is 0 Å². The van der Waals surface area contributed by atoms with Gasteiger partial charge in [-0.3, -0.25) is 9.36 Å². The Bertz CT molecular complexity index is 1940. The third kappa shape index (κ3) is 7.13. The standard InChI is InChI=1S/C36H36N2O7S/c1-22(2)17-18-44-28-16-11-25(19-29(28)42-4)20-30-33(39)38-32(26-12-14-27(15-13-26)34(40)43-5)31(23(3)37-36(38)46-30)35(41)45-21-24-9-7-6-8-10-24/h6-16,19-20,22,32H,17-18,21H2,1-5H3. The lowest BCUT2D eigenvalue weighted by Crippen LogP contribution is -2.39. The largest absolute Gasteiger partial charge is 0.493 e. The molecule has 1 unspecified atom stereocenters. The molecule has 0 N–H and O–H groups in total. The molecule has 10 heteroatoms. The average Bonchev–Trinajstić information content (AvgIpc) is 3.37. The van der Waals surface area contributed by atoms with Crippen LogP contribution in [0.15, 0.2) is 93.9 Å². The third-order valence-corrected chi connectivity index (χ3v) is 8.52. The summed E-state index contributed by atoms with van der Waals surface area (Å²) in [6.07, 6.45) is 2.69. The number of thiazole rings is 1. The van der Waals surface area contributed by atoms with Crippen molar-refractivity contribution >= 4 is 29.4 Å². The number of esters is 2. The summed E-state index contributed by atoms with van der Waals surface area (Å²) in [6, 6.07) is 20.7. The molecule has 4 aromatic rings. The minimum atomic E-state index is -0.834. The highest BCUT2D eigenvalue weighted by Crippen LogP contribution is 2.32. The summed E-state index contributed by atoms with van der Waals surface area (Å²) in [5.74, 6) is 0.635. The van der Waals surface area contributed by atoms with Crippen molar-refractivity contribution in [3.63, 3.8) is 0 Å². The minimum absolute atomic E-state index is 0.0634. The summed E-state index contributed by atoms with van der Waals surface area (Å²) in [5.41, 5.74) is 2.91. The van der Waals surface area contributed by atoms with Crippen LogP contribution in [0.3, 0.4) is 0 Å². The van der Waals surface area contributed by atoms with Gasteiger partial charge in [-0.2, -0.15) is 0 Å². The van der Waals surface area contributed by atoms with Crippen molar-refractivity contribution in [1.82, 2.24) is 4.57 Å². The van der Waals surface area contributed by atoms with Gasteiger partial charge in [0.15, 0.2) is 16.3 Å². The van der Waals surface area contributed by atoms with Crippen molar-refractivity contribution in [2.75, 3.05) is 20.8 Å². The Hall–Kier alpha value is -4.96. The van der Waals surface area contributed by atoms with Crippen LogP contribution in [0.5, 0.6) is 11.5 Å². The molecule has 1 aliphatic rings. The van der Waals surface area contributed by atoms with E-state index >= 15 is 0 Å². The summed E-state index contributed by atoms with van der Waals surface area (Å²) in [7, 11) is 2.89. The maximum Gasteiger partial charge on any atom is 0.338 e. The zero-order valence-corrected chi connectivity index (χ0v) is 27.3. The summed E-state index contributed by atoms with van der Waals surface area (Å²) in [4.78, 5) is 45.0. The van der Waals surface area contributed by atoms with Crippen LogP contribution in [-0.2, 0) is 20.9 Å². The number of allylic oxidation sites excluding steroid dienone is 1. The summed E-state index contributed by atoms with van der Waals surface area (Å²) in [6.45, 7) is 6.64. The normalized spacial score (nSPS) is 14.5.